The highest BCUT2D eigenvalue weighted by molar-refractivity contribution is 7.85. The standard InChI is InChI=1S/C28H49NO6S/c1-5-35-24-17-19-16-20(30)10-12-27(19,3)23-11-13-28(4)21(7-8-22(28)26(23)24)18(2)6-9-25(31)29-14-15-36(32,33)34/h18-24,26,30H,5-17H2,1-4H3,(H,29,31)(H,32,33,34). The van der Waals surface area contributed by atoms with E-state index in [2.05, 4.69) is 33.0 Å². The van der Waals surface area contributed by atoms with Crippen LogP contribution in [0.5, 0.6) is 0 Å². The predicted molar refractivity (Wildman–Crippen MR) is 140 cm³/mol. The number of aliphatic hydroxyl groups excluding tert-OH is 1. The minimum absolute atomic E-state index is 0.0477. The molecular formula is C28H49NO6S. The van der Waals surface area contributed by atoms with E-state index >= 15 is 0 Å². The minimum Gasteiger partial charge on any atom is -0.393 e. The van der Waals surface area contributed by atoms with E-state index in [1.165, 1.54) is 25.7 Å². The van der Waals surface area contributed by atoms with Crippen LogP contribution in [0.2, 0.25) is 0 Å². The molecule has 0 heterocycles. The number of amides is 1. The third-order valence-electron chi connectivity index (χ3n) is 11.3. The van der Waals surface area contributed by atoms with Crippen molar-refractivity contribution < 1.29 is 27.6 Å². The Morgan fingerprint density at radius 3 is 2.47 bits per heavy atom. The summed E-state index contributed by atoms with van der Waals surface area (Å²) in [5.74, 6) is 2.87. The number of hydrogen-bond acceptors (Lipinski definition) is 5. The van der Waals surface area contributed by atoms with Gasteiger partial charge in [0.25, 0.3) is 10.1 Å². The second kappa shape index (κ2) is 10.8. The smallest absolute Gasteiger partial charge is 0.266 e. The third-order valence-corrected chi connectivity index (χ3v) is 12.0. The van der Waals surface area contributed by atoms with Crippen LogP contribution in [-0.2, 0) is 19.6 Å². The van der Waals surface area contributed by atoms with Gasteiger partial charge in [0, 0.05) is 19.6 Å². The molecular weight excluding hydrogens is 478 g/mol. The van der Waals surface area contributed by atoms with Crippen LogP contribution in [0, 0.1) is 46.3 Å². The van der Waals surface area contributed by atoms with Crippen molar-refractivity contribution in [2.75, 3.05) is 18.9 Å². The number of ether oxygens (including phenoxy) is 1. The summed E-state index contributed by atoms with van der Waals surface area (Å²) in [5.41, 5.74) is 0.567. The van der Waals surface area contributed by atoms with Crippen molar-refractivity contribution >= 4 is 16.0 Å². The number of aliphatic hydroxyl groups is 1. The van der Waals surface area contributed by atoms with E-state index in [9.17, 15) is 18.3 Å². The molecule has 0 aromatic carbocycles. The Balaban J connectivity index is 1.43. The van der Waals surface area contributed by atoms with Crippen LogP contribution >= 0.6 is 0 Å². The van der Waals surface area contributed by atoms with Crippen LogP contribution in [0.3, 0.4) is 0 Å². The molecule has 0 aliphatic heterocycles. The predicted octanol–water partition coefficient (Wildman–Crippen LogP) is 4.44. The van der Waals surface area contributed by atoms with Crippen LogP contribution < -0.4 is 5.32 Å². The highest BCUT2D eigenvalue weighted by Crippen LogP contribution is 2.68. The molecule has 8 heteroatoms. The topological polar surface area (TPSA) is 113 Å². The highest BCUT2D eigenvalue weighted by atomic mass is 32.2. The van der Waals surface area contributed by atoms with E-state index in [1.807, 2.05) is 0 Å². The first-order chi connectivity index (χ1) is 16.9. The van der Waals surface area contributed by atoms with E-state index < -0.39 is 15.9 Å². The molecule has 4 rings (SSSR count). The molecule has 3 N–H and O–H groups in total. The van der Waals surface area contributed by atoms with Gasteiger partial charge in [-0.15, -0.1) is 0 Å². The molecule has 10 unspecified atom stereocenters. The van der Waals surface area contributed by atoms with Crippen LogP contribution in [0.4, 0.5) is 0 Å². The zero-order valence-electron chi connectivity index (χ0n) is 22.7. The minimum atomic E-state index is -4.06. The fourth-order valence-electron chi connectivity index (χ4n) is 9.51. The van der Waals surface area contributed by atoms with Crippen LogP contribution in [0.15, 0.2) is 0 Å². The fraction of sp³-hybridized carbons (Fsp3) is 0.964. The lowest BCUT2D eigenvalue weighted by molar-refractivity contribution is -0.187. The Bertz CT molecular complexity index is 894. The number of carbonyl (C=O) groups is 1. The van der Waals surface area contributed by atoms with Crippen molar-refractivity contribution in [2.45, 2.75) is 104 Å². The van der Waals surface area contributed by atoms with E-state index in [0.29, 0.717) is 47.3 Å². The normalized spacial score (nSPS) is 43.2. The molecule has 10 atom stereocenters. The number of nitrogens with one attached hydrogen (secondary N) is 1. The summed E-state index contributed by atoms with van der Waals surface area (Å²) in [5, 5.41) is 13.1. The van der Waals surface area contributed by atoms with Gasteiger partial charge in [-0.2, -0.15) is 8.42 Å². The Morgan fingerprint density at radius 2 is 1.78 bits per heavy atom. The largest absolute Gasteiger partial charge is 0.393 e. The van der Waals surface area contributed by atoms with Crippen molar-refractivity contribution in [2.24, 2.45) is 46.3 Å². The van der Waals surface area contributed by atoms with Crippen molar-refractivity contribution in [1.82, 2.24) is 5.32 Å². The van der Waals surface area contributed by atoms with Crippen LogP contribution in [-0.4, -0.2) is 55.1 Å². The molecule has 4 saturated carbocycles. The first kappa shape index (κ1) is 28.3. The lowest BCUT2D eigenvalue weighted by Gasteiger charge is -2.63. The van der Waals surface area contributed by atoms with Gasteiger partial charge in [-0.3, -0.25) is 9.35 Å². The van der Waals surface area contributed by atoms with Crippen molar-refractivity contribution in [3.05, 3.63) is 0 Å². The summed E-state index contributed by atoms with van der Waals surface area (Å²) < 4.78 is 37.1. The summed E-state index contributed by atoms with van der Waals surface area (Å²) >= 11 is 0. The molecule has 0 aromatic rings. The second-order valence-corrected chi connectivity index (χ2v) is 14.6. The van der Waals surface area contributed by atoms with Crippen LogP contribution in [0.1, 0.15) is 91.9 Å². The quantitative estimate of drug-likeness (QED) is 0.382. The number of rotatable bonds is 9. The third kappa shape index (κ3) is 5.52. The van der Waals surface area contributed by atoms with Gasteiger partial charge in [0.1, 0.15) is 0 Å². The Hall–Kier alpha value is -0.700. The molecule has 0 bridgehead atoms. The summed E-state index contributed by atoms with van der Waals surface area (Å²) in [7, 11) is -4.06. The summed E-state index contributed by atoms with van der Waals surface area (Å²) in [6.45, 7) is 10.1. The molecule has 36 heavy (non-hydrogen) atoms. The maximum Gasteiger partial charge on any atom is 0.266 e. The average molecular weight is 528 g/mol. The molecule has 4 aliphatic carbocycles. The molecule has 7 nitrogen and oxygen atoms in total. The molecule has 4 fully saturated rings. The van der Waals surface area contributed by atoms with Gasteiger partial charge in [-0.1, -0.05) is 20.8 Å². The van der Waals surface area contributed by atoms with Crippen molar-refractivity contribution in [3.8, 4) is 0 Å². The van der Waals surface area contributed by atoms with Gasteiger partial charge in [-0.05, 0) is 111 Å². The van der Waals surface area contributed by atoms with Gasteiger partial charge < -0.3 is 15.2 Å². The van der Waals surface area contributed by atoms with Gasteiger partial charge in [0.15, 0.2) is 0 Å². The summed E-state index contributed by atoms with van der Waals surface area (Å²) in [4.78, 5) is 12.3. The molecule has 208 valence electrons. The first-order valence-electron chi connectivity index (χ1n) is 14.4. The SMILES string of the molecule is CCOC1CC2CC(O)CCC2(C)C2CCC3(C)C(C(C)CCC(=O)NCCS(=O)(=O)O)CCC3C12. The Kier molecular flexibility index (Phi) is 8.51. The molecule has 0 aromatic heterocycles. The van der Waals surface area contributed by atoms with Crippen molar-refractivity contribution in [3.63, 3.8) is 0 Å². The second-order valence-electron chi connectivity index (χ2n) is 13.0. The number of hydrogen-bond donors (Lipinski definition) is 3. The maximum absolute atomic E-state index is 12.3. The number of carbonyl (C=O) groups excluding carboxylic acids is 1. The van der Waals surface area contributed by atoms with Gasteiger partial charge >= 0.3 is 0 Å². The van der Waals surface area contributed by atoms with Crippen LogP contribution in [0.25, 0.3) is 0 Å². The summed E-state index contributed by atoms with van der Waals surface area (Å²) in [6.07, 6.45) is 10.3. The molecule has 0 spiro atoms. The monoisotopic (exact) mass is 527 g/mol. The van der Waals surface area contributed by atoms with Gasteiger partial charge in [0.05, 0.1) is 18.0 Å². The van der Waals surface area contributed by atoms with Gasteiger partial charge in [0.2, 0.25) is 5.91 Å². The van der Waals surface area contributed by atoms with E-state index in [0.717, 1.165) is 38.7 Å². The lowest BCUT2D eigenvalue weighted by atomic mass is 9.43. The molecule has 4 aliphatic rings. The average Bonchev–Trinajstić information content (AvgIpc) is 3.15. The van der Waals surface area contributed by atoms with E-state index in [4.69, 9.17) is 9.29 Å². The zero-order valence-corrected chi connectivity index (χ0v) is 23.6. The van der Waals surface area contributed by atoms with Crippen molar-refractivity contribution in [1.29, 1.82) is 0 Å². The Morgan fingerprint density at radius 1 is 1.08 bits per heavy atom. The fourth-order valence-corrected chi connectivity index (χ4v) is 9.87. The molecule has 0 radical (unpaired) electrons. The molecule has 1 amide bonds. The summed E-state index contributed by atoms with van der Waals surface area (Å²) in [6, 6.07) is 0. The maximum atomic E-state index is 12.3. The molecule has 0 saturated heterocycles. The van der Waals surface area contributed by atoms with E-state index in [1.54, 1.807) is 0 Å². The highest BCUT2D eigenvalue weighted by Gasteiger charge is 2.63. The lowest BCUT2D eigenvalue weighted by Crippen LogP contribution is -2.59. The number of fused-ring (bicyclic) bond motifs is 5. The zero-order chi connectivity index (χ0) is 26.3. The Labute approximate surface area is 218 Å². The van der Waals surface area contributed by atoms with E-state index in [-0.39, 0.29) is 30.1 Å². The first-order valence-corrected chi connectivity index (χ1v) is 16.0. The van der Waals surface area contributed by atoms with Gasteiger partial charge in [-0.25, -0.2) is 0 Å².